The van der Waals surface area contributed by atoms with Crippen LogP contribution in [0.4, 0.5) is 0 Å². The summed E-state index contributed by atoms with van der Waals surface area (Å²) in [6.07, 6.45) is 26.2. The number of ether oxygens (including phenoxy) is 7. The van der Waals surface area contributed by atoms with Gasteiger partial charge in [0.05, 0.1) is 38.9 Å². The summed E-state index contributed by atoms with van der Waals surface area (Å²) >= 11 is 0. The summed E-state index contributed by atoms with van der Waals surface area (Å²) in [6, 6.07) is -0.771. The summed E-state index contributed by atoms with van der Waals surface area (Å²) in [4.78, 5) is 58.1. The van der Waals surface area contributed by atoms with E-state index in [9.17, 15) is 19.2 Å². The predicted octanol–water partition coefficient (Wildman–Crippen LogP) is 14.2. The lowest BCUT2D eigenvalue weighted by Crippen LogP contribution is -2.47. The fraction of sp³-hybridized carbons (Fsp3) is 0.821. The van der Waals surface area contributed by atoms with Crippen molar-refractivity contribution >= 4 is 23.8 Å². The molecule has 0 aromatic rings. The Kier molecular flexibility index (Phi) is 55.2. The fourth-order valence-electron chi connectivity index (χ4n) is 8.30. The van der Waals surface area contributed by atoms with E-state index >= 15 is 0 Å². The van der Waals surface area contributed by atoms with Gasteiger partial charge in [-0.25, -0.2) is 0 Å². The first-order valence-electron chi connectivity index (χ1n) is 31.8. The quantitative estimate of drug-likeness (QED) is 0.0188. The van der Waals surface area contributed by atoms with Gasteiger partial charge in [-0.3, -0.25) is 19.2 Å². The predicted molar refractivity (Wildman–Crippen MR) is 324 cm³/mol. The van der Waals surface area contributed by atoms with Gasteiger partial charge in [0, 0.05) is 77.2 Å². The molecule has 0 radical (unpaired) electrons. The minimum atomic E-state index is -0.771. The van der Waals surface area contributed by atoms with Crippen molar-refractivity contribution in [2.45, 2.75) is 291 Å². The molecule has 13 nitrogen and oxygen atoms in total. The highest BCUT2D eigenvalue weighted by Crippen LogP contribution is 2.18. The van der Waals surface area contributed by atoms with Gasteiger partial charge in [0.25, 0.3) is 0 Å². The highest BCUT2D eigenvalue weighted by atomic mass is 16.7. The number of hydrogen-bond acceptors (Lipinski definition) is 12. The van der Waals surface area contributed by atoms with Crippen LogP contribution in [-0.2, 0) is 52.3 Å². The molecule has 0 saturated heterocycles. The Balaban J connectivity index is 6.06. The van der Waals surface area contributed by atoms with Crippen molar-refractivity contribution in [3.63, 3.8) is 0 Å². The van der Waals surface area contributed by atoms with Crippen LogP contribution < -0.4 is 0 Å². The van der Waals surface area contributed by atoms with Crippen LogP contribution in [0.25, 0.3) is 0 Å². The van der Waals surface area contributed by atoms with Crippen molar-refractivity contribution in [2.75, 3.05) is 66.8 Å². The Morgan fingerprint density at radius 2 is 0.775 bits per heavy atom. The van der Waals surface area contributed by atoms with E-state index in [0.717, 1.165) is 109 Å². The molecule has 0 aromatic carbocycles. The largest absolute Gasteiger partial charge is 0.463 e. The maximum absolute atomic E-state index is 14.2. The maximum atomic E-state index is 14.2. The minimum Gasteiger partial charge on any atom is -0.463 e. The second-order valence-electron chi connectivity index (χ2n) is 21.0. The van der Waals surface area contributed by atoms with Gasteiger partial charge in [-0.05, 0) is 111 Å². The highest BCUT2D eigenvalue weighted by molar-refractivity contribution is 5.82. The molecule has 1 unspecified atom stereocenters. The van der Waals surface area contributed by atoms with Crippen molar-refractivity contribution in [1.29, 1.82) is 0 Å². The molecule has 0 rings (SSSR count). The molecular formula is C67H114N2O11. The van der Waals surface area contributed by atoms with Gasteiger partial charge in [0.2, 0.25) is 5.91 Å². The van der Waals surface area contributed by atoms with E-state index in [0.29, 0.717) is 110 Å². The average Bonchev–Trinajstić information content (AvgIpc) is 3.44. The minimum absolute atomic E-state index is 0.0777. The van der Waals surface area contributed by atoms with Crippen LogP contribution in [0.3, 0.4) is 0 Å². The third-order valence-corrected chi connectivity index (χ3v) is 13.1. The Morgan fingerprint density at radius 3 is 1.18 bits per heavy atom. The van der Waals surface area contributed by atoms with Crippen molar-refractivity contribution in [3.05, 3.63) is 0 Å². The van der Waals surface area contributed by atoms with Crippen LogP contribution in [0, 0.1) is 47.4 Å². The summed E-state index contributed by atoms with van der Waals surface area (Å²) in [5, 5.41) is 0. The van der Waals surface area contributed by atoms with E-state index in [4.69, 9.17) is 33.2 Å². The first-order valence-corrected chi connectivity index (χ1v) is 31.8. The molecule has 0 bridgehead atoms. The molecule has 1 amide bonds. The molecule has 13 heteroatoms. The molecule has 0 spiro atoms. The van der Waals surface area contributed by atoms with E-state index in [-0.39, 0.29) is 50.9 Å². The van der Waals surface area contributed by atoms with Gasteiger partial charge in [0.15, 0.2) is 12.6 Å². The van der Waals surface area contributed by atoms with Crippen LogP contribution in [0.1, 0.15) is 266 Å². The lowest BCUT2D eigenvalue weighted by atomic mass is 10.0. The normalized spacial score (nSPS) is 11.3. The molecular weight excluding hydrogens is 1010 g/mol. The second kappa shape index (κ2) is 58.1. The molecule has 0 aliphatic heterocycles. The molecule has 80 heavy (non-hydrogen) atoms. The number of amides is 1. The molecule has 0 heterocycles. The fourth-order valence-corrected chi connectivity index (χ4v) is 8.30. The molecule has 458 valence electrons. The number of carbonyl (C=O) groups is 4. The summed E-state index contributed by atoms with van der Waals surface area (Å²) in [7, 11) is 3.92. The zero-order valence-electron chi connectivity index (χ0n) is 52.1. The Labute approximate surface area is 489 Å². The Bertz CT molecular complexity index is 1620. The molecule has 0 N–H and O–H groups in total. The maximum Gasteiger partial charge on any atom is 0.306 e. The first-order chi connectivity index (χ1) is 39.0. The van der Waals surface area contributed by atoms with Crippen LogP contribution in [-0.4, -0.2) is 125 Å². The molecule has 0 aliphatic rings. The molecule has 0 aliphatic carbocycles. The average molecular weight is 1120 g/mol. The lowest BCUT2D eigenvalue weighted by molar-refractivity contribution is -0.156. The summed E-state index contributed by atoms with van der Waals surface area (Å²) in [5.74, 6) is 24.1. The van der Waals surface area contributed by atoms with Crippen molar-refractivity contribution in [2.24, 2.45) is 0 Å². The highest BCUT2D eigenvalue weighted by Gasteiger charge is 2.28. The van der Waals surface area contributed by atoms with Crippen LogP contribution >= 0.6 is 0 Å². The van der Waals surface area contributed by atoms with E-state index in [1.165, 1.54) is 19.3 Å². The Hall–Kier alpha value is -4.08. The third-order valence-electron chi connectivity index (χ3n) is 13.1. The Morgan fingerprint density at radius 1 is 0.375 bits per heavy atom. The summed E-state index contributed by atoms with van der Waals surface area (Å²) < 4.78 is 42.1. The van der Waals surface area contributed by atoms with Crippen molar-refractivity contribution in [1.82, 2.24) is 9.80 Å². The standard InChI is InChI=1S/C67H114N2O11/c1-9-15-20-25-30-39-54-74-66(75-55-40-31-26-21-16-10-2)48-37-35-46-63(71)78-58-60(69(53-43-52-68(7)8)62(70)50-51-65(73)80-61(44-14-6)45-34-29-24-19-13-5)59-79-64(72)47-36-38-49-67(76-56-41-32-27-22-17-11-3)77-57-42-33-28-23-18-12-4/h60-61,66-67H,9-24,29,34-59H2,1-8H3. The SMILES string of the molecule is CCCCC#CCCOC(CCCCC(=O)OCC(COC(=O)CCCCC(OCCC#CCCCC)OCCC#CCCCC)N(CCCN(C)C)C(=O)CCC(=O)OC(CCC)CCCCCCC)OCCC#CCCCC. The van der Waals surface area contributed by atoms with Gasteiger partial charge in [-0.1, -0.05) is 99.3 Å². The van der Waals surface area contributed by atoms with Gasteiger partial charge in [-0.2, -0.15) is 0 Å². The van der Waals surface area contributed by atoms with Gasteiger partial charge < -0.3 is 43.0 Å². The number of rotatable bonds is 51. The topological polar surface area (TPSA) is 139 Å². The van der Waals surface area contributed by atoms with Crippen LogP contribution in [0.15, 0.2) is 0 Å². The number of carbonyl (C=O) groups excluding carboxylic acids is 4. The van der Waals surface area contributed by atoms with Crippen LogP contribution in [0.2, 0.25) is 0 Å². The molecule has 0 aromatic heterocycles. The van der Waals surface area contributed by atoms with Crippen LogP contribution in [0.5, 0.6) is 0 Å². The van der Waals surface area contributed by atoms with E-state index in [2.05, 4.69) is 88.9 Å². The van der Waals surface area contributed by atoms with E-state index in [1.807, 2.05) is 19.0 Å². The van der Waals surface area contributed by atoms with Crippen molar-refractivity contribution < 1.29 is 52.3 Å². The number of nitrogens with zero attached hydrogens (tertiary/aromatic N) is 2. The second-order valence-corrected chi connectivity index (χ2v) is 21.0. The third kappa shape index (κ3) is 49.7. The lowest BCUT2D eigenvalue weighted by Gasteiger charge is -2.32. The van der Waals surface area contributed by atoms with Gasteiger partial charge in [-0.15, -0.1) is 47.4 Å². The van der Waals surface area contributed by atoms with E-state index < -0.39 is 36.5 Å². The summed E-state index contributed by atoms with van der Waals surface area (Å²) in [5.41, 5.74) is 0. The summed E-state index contributed by atoms with van der Waals surface area (Å²) in [6.45, 7) is 15.4. The molecule has 1 atom stereocenters. The monoisotopic (exact) mass is 1120 g/mol. The zero-order valence-corrected chi connectivity index (χ0v) is 52.1. The van der Waals surface area contributed by atoms with Crippen molar-refractivity contribution in [3.8, 4) is 47.4 Å². The number of unbranched alkanes of at least 4 members (excludes halogenated alkanes) is 14. The smallest absolute Gasteiger partial charge is 0.306 e. The number of hydrogen-bond donors (Lipinski definition) is 0. The van der Waals surface area contributed by atoms with Gasteiger partial charge in [0.1, 0.15) is 19.3 Å². The molecule has 0 fully saturated rings. The molecule has 0 saturated carbocycles. The first kappa shape index (κ1) is 75.9. The van der Waals surface area contributed by atoms with Gasteiger partial charge >= 0.3 is 17.9 Å². The zero-order chi connectivity index (χ0) is 58.8. The van der Waals surface area contributed by atoms with E-state index in [1.54, 1.807) is 4.90 Å². The number of esters is 3.